The molecule has 0 atom stereocenters. The maximum absolute atomic E-state index is 12.6. The molecule has 0 spiro atoms. The average Bonchev–Trinajstić information content (AvgIpc) is 2.76. The molecule has 4 rings (SSSR count). The zero-order chi connectivity index (χ0) is 21.0. The minimum Gasteiger partial charge on any atom is -0.491 e. The topological polar surface area (TPSA) is 88.1 Å². The summed E-state index contributed by atoms with van der Waals surface area (Å²) in [6, 6.07) is 17.6. The van der Waals surface area contributed by atoms with Gasteiger partial charge in [0.25, 0.3) is 15.9 Å². The molecule has 0 fully saturated rings. The van der Waals surface area contributed by atoms with Crippen molar-refractivity contribution in [3.05, 3.63) is 78.5 Å². The Morgan fingerprint density at radius 1 is 1.10 bits per heavy atom. The number of carbonyl (C=O) groups is 1. The summed E-state index contributed by atoms with van der Waals surface area (Å²) in [5.74, 6) is 0.438. The standard InChI is InChI=1S/C22H21N3O4S/c26-22(19-10-6-13-25-14-16-30(27,28)24-21(19)25)23-12-15-29-20-11-5-4-9-18(20)17-7-2-1-3-8-17/h1-11,13H,12,14-16H2,(H,23,26). The second kappa shape index (κ2) is 8.54. The SMILES string of the molecule is O=C(NCCOc1ccccc1-c1ccccc1)C1=CC=CN2CCS(=O)(=O)N=C12. The van der Waals surface area contributed by atoms with Crippen LogP contribution in [-0.2, 0) is 14.8 Å². The number of nitrogens with one attached hydrogen (secondary N) is 1. The number of allylic oxidation sites excluding steroid dienone is 2. The number of para-hydroxylation sites is 1. The Balaban J connectivity index is 1.38. The third kappa shape index (κ3) is 4.44. The molecule has 0 aliphatic carbocycles. The van der Waals surface area contributed by atoms with Crippen molar-refractivity contribution in [2.24, 2.45) is 4.40 Å². The number of benzene rings is 2. The summed E-state index contributed by atoms with van der Waals surface area (Å²) < 4.78 is 33.3. The minimum absolute atomic E-state index is 0.0651. The Morgan fingerprint density at radius 3 is 2.70 bits per heavy atom. The Bertz CT molecular complexity index is 1140. The van der Waals surface area contributed by atoms with Gasteiger partial charge in [-0.25, -0.2) is 8.42 Å². The molecule has 2 aromatic carbocycles. The number of amides is 1. The van der Waals surface area contributed by atoms with Gasteiger partial charge in [0.1, 0.15) is 12.4 Å². The number of fused-ring (bicyclic) bond motifs is 1. The Hall–Kier alpha value is -3.39. The summed E-state index contributed by atoms with van der Waals surface area (Å²) in [4.78, 5) is 14.3. The minimum atomic E-state index is -3.55. The van der Waals surface area contributed by atoms with Gasteiger partial charge in [0.2, 0.25) is 0 Å². The number of ether oxygens (including phenoxy) is 1. The van der Waals surface area contributed by atoms with E-state index in [0.717, 1.165) is 16.9 Å². The van der Waals surface area contributed by atoms with Crippen LogP contribution in [0.3, 0.4) is 0 Å². The lowest BCUT2D eigenvalue weighted by Crippen LogP contribution is -2.42. The fraction of sp³-hybridized carbons (Fsp3) is 0.182. The maximum atomic E-state index is 12.6. The number of carbonyl (C=O) groups excluding carboxylic acids is 1. The van der Waals surface area contributed by atoms with E-state index in [2.05, 4.69) is 9.71 Å². The quantitative estimate of drug-likeness (QED) is 0.721. The molecule has 154 valence electrons. The molecule has 2 heterocycles. The van der Waals surface area contributed by atoms with Gasteiger partial charge in [0.05, 0.1) is 17.9 Å². The van der Waals surface area contributed by atoms with Gasteiger partial charge < -0.3 is 15.0 Å². The largest absolute Gasteiger partial charge is 0.491 e. The van der Waals surface area contributed by atoms with Crippen LogP contribution in [-0.4, -0.2) is 50.5 Å². The van der Waals surface area contributed by atoms with Crippen LogP contribution in [0.25, 0.3) is 11.1 Å². The van der Waals surface area contributed by atoms with Gasteiger partial charge in [-0.15, -0.1) is 4.40 Å². The van der Waals surface area contributed by atoms with Gasteiger partial charge >= 0.3 is 0 Å². The van der Waals surface area contributed by atoms with Crippen molar-refractivity contribution < 1.29 is 17.9 Å². The van der Waals surface area contributed by atoms with Crippen LogP contribution in [0.15, 0.2) is 82.9 Å². The number of amidine groups is 1. The van der Waals surface area contributed by atoms with E-state index >= 15 is 0 Å². The molecule has 2 aliphatic heterocycles. The summed E-state index contributed by atoms with van der Waals surface area (Å²) >= 11 is 0. The summed E-state index contributed by atoms with van der Waals surface area (Å²) in [5, 5.41) is 2.77. The van der Waals surface area contributed by atoms with Gasteiger partial charge in [-0.2, -0.15) is 0 Å². The summed E-state index contributed by atoms with van der Waals surface area (Å²) in [5.41, 5.74) is 2.25. The molecule has 0 saturated heterocycles. The molecule has 8 heteroatoms. The predicted octanol–water partition coefficient (Wildman–Crippen LogP) is 2.35. The molecule has 0 bridgehead atoms. The van der Waals surface area contributed by atoms with E-state index in [1.807, 2.05) is 54.6 Å². The third-order valence-electron chi connectivity index (χ3n) is 4.72. The van der Waals surface area contributed by atoms with Crippen molar-refractivity contribution in [1.29, 1.82) is 0 Å². The first kappa shape index (κ1) is 19.9. The zero-order valence-corrected chi connectivity index (χ0v) is 17.0. The molecule has 2 aliphatic rings. The van der Waals surface area contributed by atoms with Crippen LogP contribution in [0.2, 0.25) is 0 Å². The van der Waals surface area contributed by atoms with Crippen LogP contribution >= 0.6 is 0 Å². The first-order chi connectivity index (χ1) is 14.5. The van der Waals surface area contributed by atoms with E-state index in [9.17, 15) is 13.2 Å². The van der Waals surface area contributed by atoms with Crippen LogP contribution in [0, 0.1) is 0 Å². The van der Waals surface area contributed by atoms with E-state index in [-0.39, 0.29) is 42.8 Å². The smallest absolute Gasteiger partial charge is 0.256 e. The number of hydrogen-bond donors (Lipinski definition) is 1. The third-order valence-corrected chi connectivity index (χ3v) is 5.87. The number of sulfonamides is 1. The molecular weight excluding hydrogens is 402 g/mol. The first-order valence-electron chi connectivity index (χ1n) is 9.57. The Kier molecular flexibility index (Phi) is 5.67. The Labute approximate surface area is 175 Å². The van der Waals surface area contributed by atoms with E-state index in [1.165, 1.54) is 0 Å². The second-order valence-corrected chi connectivity index (χ2v) is 8.54. The molecule has 1 N–H and O–H groups in total. The molecule has 0 radical (unpaired) electrons. The molecule has 30 heavy (non-hydrogen) atoms. The molecule has 1 amide bonds. The van der Waals surface area contributed by atoms with Crippen molar-refractivity contribution >= 4 is 21.8 Å². The summed E-state index contributed by atoms with van der Waals surface area (Å²) in [7, 11) is -3.55. The van der Waals surface area contributed by atoms with Crippen LogP contribution in [0.5, 0.6) is 5.75 Å². The summed E-state index contributed by atoms with van der Waals surface area (Å²) in [6.07, 6.45) is 4.99. The molecule has 2 aromatic rings. The number of nitrogens with zero attached hydrogens (tertiary/aromatic N) is 2. The van der Waals surface area contributed by atoms with E-state index in [4.69, 9.17) is 4.74 Å². The normalized spacial score (nSPS) is 16.9. The predicted molar refractivity (Wildman–Crippen MR) is 116 cm³/mol. The van der Waals surface area contributed by atoms with E-state index < -0.39 is 10.0 Å². The fourth-order valence-corrected chi connectivity index (χ4v) is 4.25. The highest BCUT2D eigenvalue weighted by Crippen LogP contribution is 2.29. The zero-order valence-electron chi connectivity index (χ0n) is 16.2. The van der Waals surface area contributed by atoms with Gasteiger partial charge in [-0.3, -0.25) is 4.79 Å². The van der Waals surface area contributed by atoms with Crippen molar-refractivity contribution in [3.8, 4) is 16.9 Å². The highest BCUT2D eigenvalue weighted by Gasteiger charge is 2.29. The van der Waals surface area contributed by atoms with Crippen molar-refractivity contribution in [1.82, 2.24) is 10.2 Å². The summed E-state index contributed by atoms with van der Waals surface area (Å²) in [6.45, 7) is 0.817. The highest BCUT2D eigenvalue weighted by molar-refractivity contribution is 7.90. The lowest BCUT2D eigenvalue weighted by Gasteiger charge is -2.28. The van der Waals surface area contributed by atoms with E-state index in [0.29, 0.717) is 0 Å². The molecule has 7 nitrogen and oxygen atoms in total. The molecule has 0 unspecified atom stereocenters. The monoisotopic (exact) mass is 423 g/mol. The molecule has 0 aromatic heterocycles. The maximum Gasteiger partial charge on any atom is 0.256 e. The van der Waals surface area contributed by atoms with E-state index in [1.54, 1.807) is 23.3 Å². The van der Waals surface area contributed by atoms with Crippen LogP contribution in [0.4, 0.5) is 0 Å². The van der Waals surface area contributed by atoms with Crippen molar-refractivity contribution in [2.45, 2.75) is 0 Å². The van der Waals surface area contributed by atoms with Gasteiger partial charge in [0.15, 0.2) is 5.84 Å². The average molecular weight is 423 g/mol. The fourth-order valence-electron chi connectivity index (χ4n) is 3.26. The first-order valence-corrected chi connectivity index (χ1v) is 11.2. The molecular formula is C22H21N3O4S. The lowest BCUT2D eigenvalue weighted by atomic mass is 10.1. The lowest BCUT2D eigenvalue weighted by molar-refractivity contribution is -0.117. The van der Waals surface area contributed by atoms with Crippen LogP contribution < -0.4 is 10.1 Å². The van der Waals surface area contributed by atoms with Gasteiger partial charge in [-0.05, 0) is 23.8 Å². The molecule has 0 saturated carbocycles. The number of hydrogen-bond acceptors (Lipinski definition) is 5. The van der Waals surface area contributed by atoms with Crippen molar-refractivity contribution in [2.75, 3.05) is 25.4 Å². The second-order valence-electron chi connectivity index (χ2n) is 6.78. The highest BCUT2D eigenvalue weighted by atomic mass is 32.2. The van der Waals surface area contributed by atoms with Gasteiger partial charge in [-0.1, -0.05) is 48.5 Å². The Morgan fingerprint density at radius 2 is 1.87 bits per heavy atom. The van der Waals surface area contributed by atoms with Crippen LogP contribution in [0.1, 0.15) is 0 Å². The van der Waals surface area contributed by atoms with Crippen molar-refractivity contribution in [3.63, 3.8) is 0 Å². The number of rotatable bonds is 6. The van der Waals surface area contributed by atoms with Gasteiger partial charge in [0, 0.05) is 18.3 Å².